The summed E-state index contributed by atoms with van der Waals surface area (Å²) in [7, 11) is 3.19. The Morgan fingerprint density at radius 3 is 2.69 bits per heavy atom. The second-order valence-corrected chi connectivity index (χ2v) is 8.93. The summed E-state index contributed by atoms with van der Waals surface area (Å²) < 4.78 is 22.9. The van der Waals surface area contributed by atoms with Crippen molar-refractivity contribution in [3.05, 3.63) is 48.0 Å². The van der Waals surface area contributed by atoms with Gasteiger partial charge in [0.15, 0.2) is 16.6 Å². The number of rotatable bonds is 10. The molecule has 0 spiro atoms. The number of carbonyl (C=O) groups excluding carboxylic acids is 1. The van der Waals surface area contributed by atoms with Crippen LogP contribution in [0.1, 0.15) is 12.5 Å². The molecule has 35 heavy (non-hydrogen) atoms. The molecule has 2 heterocycles. The Bertz CT molecular complexity index is 1170. The van der Waals surface area contributed by atoms with Crippen LogP contribution in [0.2, 0.25) is 0 Å². The highest BCUT2D eigenvalue weighted by atomic mass is 32.1. The Morgan fingerprint density at radius 1 is 1.14 bits per heavy atom. The number of hydrogen-bond acceptors (Lipinski definition) is 8. The van der Waals surface area contributed by atoms with E-state index in [-0.39, 0.29) is 5.91 Å². The van der Waals surface area contributed by atoms with Crippen LogP contribution in [-0.4, -0.2) is 76.0 Å². The molecule has 3 aromatic rings. The summed E-state index contributed by atoms with van der Waals surface area (Å²) in [6, 6.07) is 11.4. The van der Waals surface area contributed by atoms with Gasteiger partial charge in [0.2, 0.25) is 0 Å². The van der Waals surface area contributed by atoms with Crippen molar-refractivity contribution < 1.29 is 23.7 Å². The number of morpholine rings is 1. The number of anilines is 1. The highest BCUT2D eigenvalue weighted by Gasteiger charge is 2.21. The van der Waals surface area contributed by atoms with Gasteiger partial charge in [0.1, 0.15) is 11.3 Å². The Kier molecular flexibility index (Phi) is 8.57. The molecule has 0 atom stereocenters. The predicted octanol–water partition coefficient (Wildman–Crippen LogP) is 4.09. The molecule has 4 rings (SSSR count). The summed E-state index contributed by atoms with van der Waals surface area (Å²) in [5.74, 6) is 1.85. The SMILES string of the molecule is CCOc1cccc2sc(N(CCN3CCOCC3)C(=O)/C=C/c3ccc(OC)c(OC)c3)nc12. The van der Waals surface area contributed by atoms with Crippen LogP contribution in [0, 0.1) is 0 Å². The van der Waals surface area contributed by atoms with Gasteiger partial charge in [-0.2, -0.15) is 0 Å². The van der Waals surface area contributed by atoms with Gasteiger partial charge in [-0.25, -0.2) is 4.98 Å². The van der Waals surface area contributed by atoms with Gasteiger partial charge < -0.3 is 18.9 Å². The van der Waals surface area contributed by atoms with Crippen molar-refractivity contribution in [2.24, 2.45) is 0 Å². The molecule has 0 unspecified atom stereocenters. The number of amides is 1. The summed E-state index contributed by atoms with van der Waals surface area (Å²) in [6.07, 6.45) is 3.36. The molecule has 0 bridgehead atoms. The zero-order valence-electron chi connectivity index (χ0n) is 20.4. The number of aromatic nitrogens is 1. The molecule has 0 aliphatic carbocycles. The molecule has 1 amide bonds. The average molecular weight is 498 g/mol. The minimum absolute atomic E-state index is 0.134. The van der Waals surface area contributed by atoms with E-state index in [1.54, 1.807) is 31.3 Å². The first kappa shape index (κ1) is 25.0. The first-order valence-electron chi connectivity index (χ1n) is 11.7. The molecule has 2 aromatic carbocycles. The van der Waals surface area contributed by atoms with Crippen LogP contribution >= 0.6 is 11.3 Å². The highest BCUT2D eigenvalue weighted by molar-refractivity contribution is 7.22. The van der Waals surface area contributed by atoms with Gasteiger partial charge in [-0.05, 0) is 42.8 Å². The number of carbonyl (C=O) groups is 1. The molecular formula is C26H31N3O5S. The second-order valence-electron chi connectivity index (χ2n) is 7.92. The molecule has 186 valence electrons. The zero-order chi connectivity index (χ0) is 24.6. The number of hydrogen-bond donors (Lipinski definition) is 0. The van der Waals surface area contributed by atoms with Gasteiger partial charge in [0.25, 0.3) is 5.91 Å². The lowest BCUT2D eigenvalue weighted by molar-refractivity contribution is -0.114. The smallest absolute Gasteiger partial charge is 0.252 e. The third-order valence-corrected chi connectivity index (χ3v) is 6.78. The van der Waals surface area contributed by atoms with Crippen molar-refractivity contribution in [2.75, 3.05) is 65.1 Å². The quantitative estimate of drug-likeness (QED) is 0.391. The molecule has 8 nitrogen and oxygen atoms in total. The van der Waals surface area contributed by atoms with Crippen molar-refractivity contribution in [3.63, 3.8) is 0 Å². The Hall–Kier alpha value is -3.14. The Balaban J connectivity index is 1.60. The maximum absolute atomic E-state index is 13.4. The third-order valence-electron chi connectivity index (χ3n) is 5.74. The van der Waals surface area contributed by atoms with E-state index in [1.165, 1.54) is 11.3 Å². The van der Waals surface area contributed by atoms with Crippen LogP contribution in [0.15, 0.2) is 42.5 Å². The van der Waals surface area contributed by atoms with Crippen molar-refractivity contribution in [1.29, 1.82) is 0 Å². The van der Waals surface area contributed by atoms with Crippen LogP contribution in [0.5, 0.6) is 17.2 Å². The van der Waals surface area contributed by atoms with E-state index < -0.39 is 0 Å². The minimum Gasteiger partial charge on any atom is -0.493 e. The molecule has 0 radical (unpaired) electrons. The van der Waals surface area contributed by atoms with E-state index in [4.69, 9.17) is 23.9 Å². The van der Waals surface area contributed by atoms with Crippen LogP contribution in [-0.2, 0) is 9.53 Å². The van der Waals surface area contributed by atoms with Crippen molar-refractivity contribution >= 4 is 38.7 Å². The fourth-order valence-corrected chi connectivity index (χ4v) is 4.89. The molecule has 9 heteroatoms. The summed E-state index contributed by atoms with van der Waals surface area (Å²) in [6.45, 7) is 6.92. The lowest BCUT2D eigenvalue weighted by Crippen LogP contribution is -2.42. The maximum atomic E-state index is 13.4. The first-order chi connectivity index (χ1) is 17.1. The van der Waals surface area contributed by atoms with Gasteiger partial charge in [-0.3, -0.25) is 14.6 Å². The molecular weight excluding hydrogens is 466 g/mol. The first-order valence-corrected chi connectivity index (χ1v) is 12.5. The van der Waals surface area contributed by atoms with E-state index in [0.717, 1.165) is 41.2 Å². The van der Waals surface area contributed by atoms with Crippen LogP contribution in [0.4, 0.5) is 5.13 Å². The molecule has 1 saturated heterocycles. The monoisotopic (exact) mass is 497 g/mol. The zero-order valence-corrected chi connectivity index (χ0v) is 21.2. The molecule has 1 fully saturated rings. The van der Waals surface area contributed by atoms with Crippen LogP contribution in [0.3, 0.4) is 0 Å². The van der Waals surface area contributed by atoms with Gasteiger partial charge in [0, 0.05) is 32.3 Å². The van der Waals surface area contributed by atoms with Gasteiger partial charge in [-0.1, -0.05) is 23.5 Å². The molecule has 1 aromatic heterocycles. The maximum Gasteiger partial charge on any atom is 0.252 e. The fraction of sp³-hybridized carbons (Fsp3) is 0.385. The number of para-hydroxylation sites is 1. The topological polar surface area (TPSA) is 73.4 Å². The van der Waals surface area contributed by atoms with E-state index in [1.807, 2.05) is 43.3 Å². The molecule has 1 aliphatic heterocycles. The lowest BCUT2D eigenvalue weighted by atomic mass is 10.2. The number of ether oxygens (including phenoxy) is 4. The standard InChI is InChI=1S/C26H31N3O5S/c1-4-34-21-6-5-7-23-25(21)27-26(35-23)29(13-12-28-14-16-33-17-15-28)24(30)11-9-19-8-10-20(31-2)22(18-19)32-3/h5-11,18H,4,12-17H2,1-3H3/b11-9+. The normalized spacial score (nSPS) is 14.4. The predicted molar refractivity (Wildman–Crippen MR) is 139 cm³/mol. The highest BCUT2D eigenvalue weighted by Crippen LogP contribution is 2.34. The van der Waals surface area contributed by atoms with E-state index in [9.17, 15) is 4.79 Å². The van der Waals surface area contributed by atoms with E-state index in [2.05, 4.69) is 4.90 Å². The molecule has 0 N–H and O–H groups in total. The van der Waals surface area contributed by atoms with Crippen LogP contribution in [0.25, 0.3) is 16.3 Å². The summed E-state index contributed by atoms with van der Waals surface area (Å²) in [5, 5.41) is 0.655. The number of methoxy groups -OCH3 is 2. The Labute approximate surface area is 209 Å². The van der Waals surface area contributed by atoms with Crippen molar-refractivity contribution in [3.8, 4) is 17.2 Å². The molecule has 0 saturated carbocycles. The summed E-state index contributed by atoms with van der Waals surface area (Å²) in [4.78, 5) is 22.3. The van der Waals surface area contributed by atoms with Crippen LogP contribution < -0.4 is 19.1 Å². The van der Waals surface area contributed by atoms with Gasteiger partial charge in [-0.15, -0.1) is 0 Å². The summed E-state index contributed by atoms with van der Waals surface area (Å²) >= 11 is 1.49. The lowest BCUT2D eigenvalue weighted by Gasteiger charge is -2.28. The second kappa shape index (κ2) is 12.0. The van der Waals surface area contributed by atoms with Gasteiger partial charge in [0.05, 0.1) is 38.7 Å². The number of benzene rings is 2. The van der Waals surface area contributed by atoms with Crippen molar-refractivity contribution in [1.82, 2.24) is 9.88 Å². The average Bonchev–Trinajstić information content (AvgIpc) is 3.33. The third kappa shape index (κ3) is 6.11. The minimum atomic E-state index is -0.134. The Morgan fingerprint density at radius 2 is 1.94 bits per heavy atom. The van der Waals surface area contributed by atoms with E-state index >= 15 is 0 Å². The molecule has 1 aliphatic rings. The largest absolute Gasteiger partial charge is 0.493 e. The van der Waals surface area contributed by atoms with Gasteiger partial charge >= 0.3 is 0 Å². The summed E-state index contributed by atoms with van der Waals surface area (Å²) in [5.41, 5.74) is 1.62. The van der Waals surface area contributed by atoms with E-state index in [0.29, 0.717) is 43.0 Å². The number of nitrogens with zero attached hydrogens (tertiary/aromatic N) is 3. The fourth-order valence-electron chi connectivity index (χ4n) is 3.88. The number of fused-ring (bicyclic) bond motifs is 1. The van der Waals surface area contributed by atoms with Crippen molar-refractivity contribution in [2.45, 2.75) is 6.92 Å². The number of thiazole rings is 1.